The van der Waals surface area contributed by atoms with Gasteiger partial charge in [0.25, 0.3) is 5.91 Å². The Kier molecular flexibility index (Phi) is 5.96. The molecule has 8 nitrogen and oxygen atoms in total. The van der Waals surface area contributed by atoms with Crippen molar-refractivity contribution in [2.45, 2.75) is 31.6 Å². The molecule has 2 aliphatic rings. The molecule has 0 bridgehead atoms. The van der Waals surface area contributed by atoms with Crippen molar-refractivity contribution < 1.29 is 22.7 Å². The molecule has 2 heterocycles. The number of nitrogens with one attached hydrogen (secondary N) is 1. The Labute approximate surface area is 188 Å². The van der Waals surface area contributed by atoms with Gasteiger partial charge in [-0.1, -0.05) is 17.7 Å². The number of benzene rings is 2. The van der Waals surface area contributed by atoms with Crippen LogP contribution in [0.3, 0.4) is 0 Å². The van der Waals surface area contributed by atoms with E-state index in [0.717, 1.165) is 11.3 Å². The number of sulfonamides is 1. The van der Waals surface area contributed by atoms with Crippen LogP contribution in [0, 0.1) is 19.8 Å². The molecule has 1 saturated heterocycles. The topological polar surface area (TPSA) is 96.0 Å². The molecular formula is C23H27N3O5S. The first kappa shape index (κ1) is 22.3. The molecule has 4 rings (SSSR count). The summed E-state index contributed by atoms with van der Waals surface area (Å²) in [5.74, 6) is -0.458. The molecule has 2 aliphatic heterocycles. The van der Waals surface area contributed by atoms with Crippen molar-refractivity contribution in [1.29, 1.82) is 0 Å². The van der Waals surface area contributed by atoms with Gasteiger partial charge in [0.05, 0.1) is 16.5 Å². The third kappa shape index (κ3) is 4.22. The maximum Gasteiger partial charge on any atom is 0.262 e. The van der Waals surface area contributed by atoms with Gasteiger partial charge in [-0.2, -0.15) is 4.31 Å². The molecule has 0 spiro atoms. The van der Waals surface area contributed by atoms with Gasteiger partial charge in [-0.25, -0.2) is 8.42 Å². The van der Waals surface area contributed by atoms with Gasteiger partial charge in [-0.05, 0) is 50.5 Å². The van der Waals surface area contributed by atoms with Gasteiger partial charge < -0.3 is 15.0 Å². The van der Waals surface area contributed by atoms with Crippen molar-refractivity contribution in [1.82, 2.24) is 4.31 Å². The van der Waals surface area contributed by atoms with Crippen molar-refractivity contribution in [2.24, 2.45) is 5.92 Å². The van der Waals surface area contributed by atoms with Crippen LogP contribution in [0.4, 0.5) is 11.4 Å². The first-order chi connectivity index (χ1) is 15.2. The number of carbonyl (C=O) groups excluding carboxylic acids is 2. The number of carbonyl (C=O) groups is 2. The molecule has 2 aromatic carbocycles. The lowest BCUT2D eigenvalue weighted by atomic mass is 9.98. The summed E-state index contributed by atoms with van der Waals surface area (Å²) in [5.41, 5.74) is 2.86. The van der Waals surface area contributed by atoms with E-state index in [0.29, 0.717) is 36.4 Å². The number of nitrogens with zero attached hydrogens (tertiary/aromatic N) is 2. The second kappa shape index (κ2) is 8.55. The number of hydrogen-bond donors (Lipinski definition) is 1. The lowest BCUT2D eigenvalue weighted by molar-refractivity contribution is -0.123. The predicted octanol–water partition coefficient (Wildman–Crippen LogP) is 2.70. The molecule has 2 amide bonds. The van der Waals surface area contributed by atoms with E-state index >= 15 is 0 Å². The van der Waals surface area contributed by atoms with E-state index in [2.05, 4.69) is 5.32 Å². The maximum atomic E-state index is 13.5. The van der Waals surface area contributed by atoms with Crippen molar-refractivity contribution in [2.75, 3.05) is 37.0 Å². The van der Waals surface area contributed by atoms with E-state index in [1.807, 2.05) is 31.2 Å². The van der Waals surface area contributed by atoms with Gasteiger partial charge in [0.1, 0.15) is 5.75 Å². The highest BCUT2D eigenvalue weighted by Gasteiger charge is 2.36. The minimum atomic E-state index is -3.83. The first-order valence-corrected chi connectivity index (χ1v) is 12.0. The van der Waals surface area contributed by atoms with Crippen molar-refractivity contribution in [3.8, 4) is 5.75 Å². The van der Waals surface area contributed by atoms with E-state index < -0.39 is 15.9 Å². The highest BCUT2D eigenvalue weighted by Crippen LogP contribution is 2.35. The highest BCUT2D eigenvalue weighted by molar-refractivity contribution is 7.89. The van der Waals surface area contributed by atoms with Crippen LogP contribution in [0.15, 0.2) is 41.3 Å². The Balaban J connectivity index is 1.55. The Hall–Kier alpha value is -2.91. The number of amides is 2. The lowest BCUT2D eigenvalue weighted by Gasteiger charge is -2.33. The average molecular weight is 458 g/mol. The molecule has 32 heavy (non-hydrogen) atoms. The Morgan fingerprint density at radius 3 is 2.62 bits per heavy atom. The molecule has 2 aromatic rings. The van der Waals surface area contributed by atoms with E-state index in [4.69, 9.17) is 4.74 Å². The van der Waals surface area contributed by atoms with E-state index in [-0.39, 0.29) is 29.9 Å². The standard InChI is InChI=1S/C23H27N3O5S/c1-15-6-8-18(9-7-15)25(3)23(28)17-5-4-10-26(13-17)32(29,30)21-12-20-19(11-16(21)2)24-22(27)14-31-20/h6-9,11-12,17H,4-5,10,13-14H2,1-3H3,(H,24,27). The number of rotatable bonds is 4. The number of ether oxygens (including phenoxy) is 1. The van der Waals surface area contributed by atoms with Gasteiger partial charge in [-0.15, -0.1) is 0 Å². The number of piperidine rings is 1. The number of aryl methyl sites for hydroxylation is 2. The van der Waals surface area contributed by atoms with Crippen molar-refractivity contribution in [3.05, 3.63) is 47.5 Å². The summed E-state index contributed by atoms with van der Waals surface area (Å²) in [6, 6.07) is 10.7. The van der Waals surface area contributed by atoms with E-state index in [1.54, 1.807) is 24.9 Å². The molecule has 9 heteroatoms. The number of fused-ring (bicyclic) bond motifs is 1. The molecular weight excluding hydrogens is 430 g/mol. The zero-order valence-electron chi connectivity index (χ0n) is 18.4. The lowest BCUT2D eigenvalue weighted by Crippen LogP contribution is -2.46. The smallest absolute Gasteiger partial charge is 0.262 e. The third-order valence-electron chi connectivity index (χ3n) is 6.01. The summed E-state index contributed by atoms with van der Waals surface area (Å²) in [4.78, 5) is 26.4. The Bertz CT molecular complexity index is 1160. The molecule has 0 saturated carbocycles. The molecule has 170 valence electrons. The maximum absolute atomic E-state index is 13.5. The zero-order chi connectivity index (χ0) is 23.0. The second-order valence-corrected chi connectivity index (χ2v) is 10.3. The summed E-state index contributed by atoms with van der Waals surface area (Å²) in [6.07, 6.45) is 1.24. The molecule has 1 N–H and O–H groups in total. The monoisotopic (exact) mass is 457 g/mol. The van der Waals surface area contributed by atoms with Gasteiger partial charge in [-0.3, -0.25) is 9.59 Å². The molecule has 0 aromatic heterocycles. The molecule has 1 atom stereocenters. The Morgan fingerprint density at radius 2 is 1.91 bits per heavy atom. The first-order valence-electron chi connectivity index (χ1n) is 10.6. The summed E-state index contributed by atoms with van der Waals surface area (Å²) >= 11 is 0. The van der Waals surface area contributed by atoms with Gasteiger partial charge in [0.2, 0.25) is 15.9 Å². The summed E-state index contributed by atoms with van der Waals surface area (Å²) < 4.78 is 33.7. The minimum absolute atomic E-state index is 0.0954. The van der Waals surface area contributed by atoms with Crippen LogP contribution in [0.2, 0.25) is 0 Å². The highest BCUT2D eigenvalue weighted by atomic mass is 32.2. The van der Waals surface area contributed by atoms with Crippen LogP contribution < -0.4 is 15.0 Å². The normalized spacial score (nSPS) is 19.0. The number of anilines is 2. The van der Waals surface area contributed by atoms with Crippen LogP contribution in [0.5, 0.6) is 5.75 Å². The molecule has 1 fully saturated rings. The fraction of sp³-hybridized carbons (Fsp3) is 0.391. The van der Waals surface area contributed by atoms with Crippen LogP contribution in [-0.4, -0.2) is 51.3 Å². The predicted molar refractivity (Wildman–Crippen MR) is 121 cm³/mol. The van der Waals surface area contributed by atoms with Gasteiger partial charge in [0.15, 0.2) is 6.61 Å². The molecule has 1 unspecified atom stereocenters. The minimum Gasteiger partial charge on any atom is -0.482 e. The van der Waals surface area contributed by atoms with Crippen molar-refractivity contribution >= 4 is 33.2 Å². The van der Waals surface area contributed by atoms with Crippen LogP contribution in [0.25, 0.3) is 0 Å². The van der Waals surface area contributed by atoms with Gasteiger partial charge in [0, 0.05) is 31.9 Å². The second-order valence-electron chi connectivity index (χ2n) is 8.39. The number of hydrogen-bond acceptors (Lipinski definition) is 5. The Morgan fingerprint density at radius 1 is 1.19 bits per heavy atom. The summed E-state index contributed by atoms with van der Waals surface area (Å²) in [7, 11) is -2.11. The SMILES string of the molecule is Cc1ccc(N(C)C(=O)C2CCCN(S(=O)(=O)c3cc4c(cc3C)NC(=O)CO4)C2)cc1. The molecule has 0 radical (unpaired) electrons. The molecule has 0 aliphatic carbocycles. The fourth-order valence-electron chi connectivity index (χ4n) is 4.16. The summed E-state index contributed by atoms with van der Waals surface area (Å²) in [6.45, 7) is 4.00. The summed E-state index contributed by atoms with van der Waals surface area (Å²) in [5, 5.41) is 2.69. The van der Waals surface area contributed by atoms with Crippen LogP contribution in [-0.2, 0) is 19.6 Å². The quantitative estimate of drug-likeness (QED) is 0.762. The van der Waals surface area contributed by atoms with Crippen LogP contribution in [0.1, 0.15) is 24.0 Å². The van der Waals surface area contributed by atoms with Gasteiger partial charge >= 0.3 is 0 Å². The van der Waals surface area contributed by atoms with E-state index in [1.165, 1.54) is 10.4 Å². The van der Waals surface area contributed by atoms with E-state index in [9.17, 15) is 18.0 Å². The average Bonchev–Trinajstić information content (AvgIpc) is 2.78. The zero-order valence-corrected chi connectivity index (χ0v) is 19.2. The fourth-order valence-corrected chi connectivity index (χ4v) is 5.91. The van der Waals surface area contributed by atoms with Crippen molar-refractivity contribution in [3.63, 3.8) is 0 Å². The van der Waals surface area contributed by atoms with Crippen LogP contribution >= 0.6 is 0 Å². The largest absolute Gasteiger partial charge is 0.482 e. The third-order valence-corrected chi connectivity index (χ3v) is 8.02.